The second kappa shape index (κ2) is 6.58. The number of hydrogen-bond donors (Lipinski definition) is 2. The van der Waals surface area contributed by atoms with Crippen molar-refractivity contribution in [1.82, 2.24) is 9.88 Å². The van der Waals surface area contributed by atoms with Crippen molar-refractivity contribution in [2.24, 2.45) is 5.73 Å². The van der Waals surface area contributed by atoms with Crippen molar-refractivity contribution < 1.29 is 9.84 Å². The first-order valence-corrected chi connectivity index (χ1v) is 7.13. The van der Waals surface area contributed by atoms with Crippen LogP contribution in [0.3, 0.4) is 0 Å². The molecule has 1 aromatic heterocycles. The minimum absolute atomic E-state index is 0.304. The van der Waals surface area contributed by atoms with Crippen molar-refractivity contribution in [1.29, 1.82) is 0 Å². The predicted octanol–water partition coefficient (Wildman–Crippen LogP) is 0.689. The van der Waals surface area contributed by atoms with Crippen LogP contribution in [0.2, 0.25) is 0 Å². The summed E-state index contributed by atoms with van der Waals surface area (Å²) in [6.07, 6.45) is 3.03. The van der Waals surface area contributed by atoms with Gasteiger partial charge in [0.25, 0.3) is 0 Å². The molecule has 2 heterocycles. The topological polar surface area (TPSA) is 71.6 Å². The van der Waals surface area contributed by atoms with E-state index in [2.05, 4.69) is 9.88 Å². The molecule has 0 saturated carbocycles. The third-order valence-electron chi connectivity index (χ3n) is 3.55. The third-order valence-corrected chi connectivity index (χ3v) is 3.75. The standard InChI is InChI=1S/C14H21N3O2S/c1-17(10-14(18)4-7-19-8-5-14)9-11-3-2-6-16-12(11)13(15)20/h2-3,6,18H,4-5,7-10H2,1H3,(H2,15,20). The van der Waals surface area contributed by atoms with Crippen molar-refractivity contribution in [3.05, 3.63) is 29.6 Å². The van der Waals surface area contributed by atoms with Crippen LogP contribution in [-0.4, -0.2) is 52.4 Å². The molecule has 6 heteroatoms. The molecule has 0 amide bonds. The Morgan fingerprint density at radius 3 is 2.90 bits per heavy atom. The summed E-state index contributed by atoms with van der Waals surface area (Å²) in [5, 5.41) is 10.5. The minimum atomic E-state index is -0.668. The van der Waals surface area contributed by atoms with Crippen LogP contribution in [0.15, 0.2) is 18.3 Å². The number of hydrogen-bond acceptors (Lipinski definition) is 5. The summed E-state index contributed by atoms with van der Waals surface area (Å²) >= 11 is 5.02. The molecule has 0 unspecified atom stereocenters. The number of nitrogens with zero attached hydrogens (tertiary/aromatic N) is 2. The van der Waals surface area contributed by atoms with Gasteiger partial charge in [-0.3, -0.25) is 9.88 Å². The Morgan fingerprint density at radius 2 is 2.25 bits per heavy atom. The quantitative estimate of drug-likeness (QED) is 0.779. The number of pyridine rings is 1. The summed E-state index contributed by atoms with van der Waals surface area (Å²) < 4.78 is 5.29. The Kier molecular flexibility index (Phi) is 5.04. The molecular formula is C14H21N3O2S. The average Bonchev–Trinajstić information content (AvgIpc) is 2.39. The van der Waals surface area contributed by atoms with Crippen LogP contribution in [0.5, 0.6) is 0 Å². The number of rotatable bonds is 5. The zero-order valence-electron chi connectivity index (χ0n) is 11.7. The van der Waals surface area contributed by atoms with Crippen molar-refractivity contribution >= 4 is 17.2 Å². The van der Waals surface area contributed by atoms with Crippen LogP contribution >= 0.6 is 12.2 Å². The van der Waals surface area contributed by atoms with Gasteiger partial charge in [-0.05, 0) is 18.7 Å². The fraction of sp³-hybridized carbons (Fsp3) is 0.571. The van der Waals surface area contributed by atoms with Crippen molar-refractivity contribution in [3.8, 4) is 0 Å². The lowest BCUT2D eigenvalue weighted by atomic mass is 9.94. The van der Waals surface area contributed by atoms with Crippen LogP contribution in [0.4, 0.5) is 0 Å². The first-order chi connectivity index (χ1) is 9.50. The molecule has 5 nitrogen and oxygen atoms in total. The Morgan fingerprint density at radius 1 is 1.55 bits per heavy atom. The van der Waals surface area contributed by atoms with Crippen LogP contribution < -0.4 is 5.73 Å². The number of aromatic nitrogens is 1. The zero-order chi connectivity index (χ0) is 14.6. The van der Waals surface area contributed by atoms with Gasteiger partial charge in [0, 0.05) is 45.3 Å². The monoisotopic (exact) mass is 295 g/mol. The fourth-order valence-electron chi connectivity index (χ4n) is 2.55. The van der Waals surface area contributed by atoms with E-state index in [1.807, 2.05) is 19.2 Å². The number of ether oxygens (including phenoxy) is 1. The Bertz CT molecular complexity index is 475. The molecule has 0 radical (unpaired) electrons. The molecule has 0 bridgehead atoms. The summed E-state index contributed by atoms with van der Waals surface area (Å²) in [5.74, 6) is 0. The van der Waals surface area contributed by atoms with Gasteiger partial charge in [0.05, 0.1) is 5.60 Å². The number of likely N-dealkylation sites (N-methyl/N-ethyl adjacent to an activating group) is 1. The molecule has 3 N–H and O–H groups in total. The maximum Gasteiger partial charge on any atom is 0.123 e. The SMILES string of the molecule is CN(Cc1cccnc1C(N)=S)CC1(O)CCOCC1. The number of aliphatic hydroxyl groups is 1. The Hall–Kier alpha value is -1.08. The van der Waals surface area contributed by atoms with E-state index in [0.717, 1.165) is 5.56 Å². The van der Waals surface area contributed by atoms with Crippen LogP contribution in [0.25, 0.3) is 0 Å². The summed E-state index contributed by atoms with van der Waals surface area (Å²) in [7, 11) is 1.98. The molecule has 0 aliphatic carbocycles. The largest absolute Gasteiger partial charge is 0.388 e. The molecule has 110 valence electrons. The molecule has 0 aromatic carbocycles. The normalized spacial score (nSPS) is 18.1. The molecule has 1 aliphatic heterocycles. The van der Waals surface area contributed by atoms with Gasteiger partial charge in [-0.1, -0.05) is 18.3 Å². The summed E-state index contributed by atoms with van der Waals surface area (Å²) in [6.45, 7) is 2.50. The van der Waals surface area contributed by atoms with E-state index in [1.165, 1.54) is 0 Å². The van der Waals surface area contributed by atoms with Crippen molar-refractivity contribution in [2.45, 2.75) is 25.0 Å². The second-order valence-electron chi connectivity index (χ2n) is 5.38. The molecule has 1 aliphatic rings. The van der Waals surface area contributed by atoms with E-state index in [9.17, 15) is 5.11 Å². The predicted molar refractivity (Wildman–Crippen MR) is 81.5 cm³/mol. The summed E-state index contributed by atoms with van der Waals surface area (Å²) in [5.41, 5.74) is 6.66. The van der Waals surface area contributed by atoms with Gasteiger partial charge in [-0.25, -0.2) is 0 Å². The lowest BCUT2D eigenvalue weighted by Gasteiger charge is -2.35. The summed E-state index contributed by atoms with van der Waals surface area (Å²) in [4.78, 5) is 6.60. The van der Waals surface area contributed by atoms with E-state index in [0.29, 0.717) is 49.8 Å². The third kappa shape index (κ3) is 3.96. The molecule has 1 fully saturated rings. The van der Waals surface area contributed by atoms with Gasteiger partial charge in [-0.15, -0.1) is 0 Å². The average molecular weight is 295 g/mol. The maximum atomic E-state index is 10.5. The first kappa shape index (κ1) is 15.3. The molecule has 0 spiro atoms. The lowest BCUT2D eigenvalue weighted by Crippen LogP contribution is -2.45. The molecule has 1 saturated heterocycles. The van der Waals surface area contributed by atoms with E-state index >= 15 is 0 Å². The Labute approximate surface area is 124 Å². The van der Waals surface area contributed by atoms with Crippen LogP contribution in [0, 0.1) is 0 Å². The van der Waals surface area contributed by atoms with Gasteiger partial charge < -0.3 is 15.6 Å². The highest BCUT2D eigenvalue weighted by Gasteiger charge is 2.31. The van der Waals surface area contributed by atoms with Crippen LogP contribution in [0.1, 0.15) is 24.1 Å². The lowest BCUT2D eigenvalue weighted by molar-refractivity contribution is -0.0777. The highest BCUT2D eigenvalue weighted by molar-refractivity contribution is 7.80. The van der Waals surface area contributed by atoms with E-state index in [4.69, 9.17) is 22.7 Å². The van der Waals surface area contributed by atoms with Gasteiger partial charge in [0.1, 0.15) is 10.7 Å². The molecular weight excluding hydrogens is 274 g/mol. The fourth-order valence-corrected chi connectivity index (χ4v) is 2.73. The molecule has 20 heavy (non-hydrogen) atoms. The van der Waals surface area contributed by atoms with Crippen LogP contribution in [-0.2, 0) is 11.3 Å². The Balaban J connectivity index is 2.01. The second-order valence-corrected chi connectivity index (χ2v) is 5.82. The van der Waals surface area contributed by atoms with Gasteiger partial charge in [0.2, 0.25) is 0 Å². The van der Waals surface area contributed by atoms with Crippen molar-refractivity contribution in [2.75, 3.05) is 26.8 Å². The van der Waals surface area contributed by atoms with Gasteiger partial charge >= 0.3 is 0 Å². The zero-order valence-corrected chi connectivity index (χ0v) is 12.5. The first-order valence-electron chi connectivity index (χ1n) is 6.72. The number of thiocarbonyl (C=S) groups is 1. The van der Waals surface area contributed by atoms with Gasteiger partial charge in [-0.2, -0.15) is 0 Å². The molecule has 1 aromatic rings. The summed E-state index contributed by atoms with van der Waals surface area (Å²) in [6, 6.07) is 3.83. The highest BCUT2D eigenvalue weighted by atomic mass is 32.1. The van der Waals surface area contributed by atoms with E-state index in [1.54, 1.807) is 6.20 Å². The molecule has 2 rings (SSSR count). The van der Waals surface area contributed by atoms with E-state index in [-0.39, 0.29) is 0 Å². The molecule has 0 atom stereocenters. The highest BCUT2D eigenvalue weighted by Crippen LogP contribution is 2.22. The van der Waals surface area contributed by atoms with E-state index < -0.39 is 5.60 Å². The van der Waals surface area contributed by atoms with Gasteiger partial charge in [0.15, 0.2) is 0 Å². The maximum absolute atomic E-state index is 10.5. The smallest absolute Gasteiger partial charge is 0.123 e. The van der Waals surface area contributed by atoms with Crippen molar-refractivity contribution in [3.63, 3.8) is 0 Å². The minimum Gasteiger partial charge on any atom is -0.388 e. The number of nitrogens with two attached hydrogens (primary N) is 1.